The quantitative estimate of drug-likeness (QED) is 0.641. The average molecular weight is 202 g/mol. The Hall–Kier alpha value is -1.06. The van der Waals surface area contributed by atoms with Crippen molar-refractivity contribution in [2.24, 2.45) is 0 Å². The lowest BCUT2D eigenvalue weighted by atomic mass is 10.2. The van der Waals surface area contributed by atoms with Gasteiger partial charge >= 0.3 is 11.9 Å². The molecule has 0 amide bonds. The average Bonchev–Trinajstić information content (AvgIpc) is 2.14. The van der Waals surface area contributed by atoms with Crippen LogP contribution in [0.2, 0.25) is 0 Å². The number of rotatable bonds is 7. The number of hydrogen-bond donors (Lipinski definition) is 1. The summed E-state index contributed by atoms with van der Waals surface area (Å²) in [6.07, 6.45) is 2.07. The van der Waals surface area contributed by atoms with E-state index in [9.17, 15) is 9.59 Å². The first kappa shape index (κ1) is 12.9. The van der Waals surface area contributed by atoms with Crippen molar-refractivity contribution < 1.29 is 19.4 Å². The van der Waals surface area contributed by atoms with E-state index in [0.717, 1.165) is 12.8 Å². The summed E-state index contributed by atoms with van der Waals surface area (Å²) in [5.74, 6) is -1.47. The van der Waals surface area contributed by atoms with Crippen LogP contribution in [0.5, 0.6) is 0 Å². The summed E-state index contributed by atoms with van der Waals surface area (Å²) in [6.45, 7) is 3.82. The van der Waals surface area contributed by atoms with Crippen molar-refractivity contribution in [3.8, 4) is 0 Å². The molecule has 4 nitrogen and oxygen atoms in total. The van der Waals surface area contributed by atoms with Gasteiger partial charge in [0.1, 0.15) is 0 Å². The Morgan fingerprint density at radius 2 is 1.93 bits per heavy atom. The van der Waals surface area contributed by atoms with Crippen LogP contribution in [0.4, 0.5) is 0 Å². The highest BCUT2D eigenvalue weighted by molar-refractivity contribution is 5.77. The fraction of sp³-hybridized carbons (Fsp3) is 0.800. The number of carbonyl (C=O) groups is 2. The third kappa shape index (κ3) is 5.56. The van der Waals surface area contributed by atoms with Gasteiger partial charge in [0.15, 0.2) is 6.10 Å². The SMILES string of the molecule is CCCCC(=O)OC(CCC)C(=O)O. The van der Waals surface area contributed by atoms with Crippen LogP contribution < -0.4 is 0 Å². The number of carbonyl (C=O) groups excluding carboxylic acids is 1. The molecule has 0 aromatic rings. The molecule has 0 rings (SSSR count). The maximum atomic E-state index is 11.1. The second kappa shape index (κ2) is 7.35. The van der Waals surface area contributed by atoms with Gasteiger partial charge in [-0.25, -0.2) is 4.79 Å². The van der Waals surface area contributed by atoms with E-state index in [1.807, 2.05) is 13.8 Å². The molecule has 0 aliphatic heterocycles. The Morgan fingerprint density at radius 1 is 1.29 bits per heavy atom. The van der Waals surface area contributed by atoms with E-state index in [1.165, 1.54) is 0 Å². The van der Waals surface area contributed by atoms with Crippen LogP contribution >= 0.6 is 0 Å². The van der Waals surface area contributed by atoms with Gasteiger partial charge < -0.3 is 9.84 Å². The summed E-state index contributed by atoms with van der Waals surface area (Å²) in [5, 5.41) is 8.70. The largest absolute Gasteiger partial charge is 0.479 e. The highest BCUT2D eigenvalue weighted by Crippen LogP contribution is 2.06. The molecule has 0 radical (unpaired) electrons. The number of hydrogen-bond acceptors (Lipinski definition) is 3. The lowest BCUT2D eigenvalue weighted by molar-refractivity contribution is -0.164. The minimum Gasteiger partial charge on any atom is -0.479 e. The van der Waals surface area contributed by atoms with E-state index in [2.05, 4.69) is 0 Å². The molecular formula is C10H18O4. The molecule has 0 aromatic heterocycles. The van der Waals surface area contributed by atoms with E-state index >= 15 is 0 Å². The molecule has 1 N–H and O–H groups in total. The number of carboxylic acids is 1. The van der Waals surface area contributed by atoms with E-state index in [-0.39, 0.29) is 0 Å². The highest BCUT2D eigenvalue weighted by atomic mass is 16.6. The normalized spacial score (nSPS) is 12.1. The van der Waals surface area contributed by atoms with Gasteiger partial charge in [0, 0.05) is 6.42 Å². The molecule has 14 heavy (non-hydrogen) atoms. The Labute approximate surface area is 84.3 Å². The smallest absolute Gasteiger partial charge is 0.345 e. The molecule has 0 saturated carbocycles. The Balaban J connectivity index is 3.90. The summed E-state index contributed by atoms with van der Waals surface area (Å²) < 4.78 is 4.82. The van der Waals surface area contributed by atoms with Gasteiger partial charge in [-0.2, -0.15) is 0 Å². The Morgan fingerprint density at radius 3 is 2.36 bits per heavy atom. The third-order valence-corrected chi connectivity index (χ3v) is 1.83. The molecule has 0 aliphatic carbocycles. The fourth-order valence-electron chi connectivity index (χ4n) is 1.03. The second-order valence-electron chi connectivity index (χ2n) is 3.21. The zero-order valence-electron chi connectivity index (χ0n) is 8.78. The van der Waals surface area contributed by atoms with E-state index in [1.54, 1.807) is 0 Å². The Kier molecular flexibility index (Phi) is 6.80. The minimum absolute atomic E-state index is 0.310. The third-order valence-electron chi connectivity index (χ3n) is 1.83. The first-order valence-corrected chi connectivity index (χ1v) is 5.04. The molecule has 0 fully saturated rings. The van der Waals surface area contributed by atoms with Gasteiger partial charge in [-0.15, -0.1) is 0 Å². The molecule has 0 heterocycles. The van der Waals surface area contributed by atoms with Crippen molar-refractivity contribution in [1.82, 2.24) is 0 Å². The number of unbranched alkanes of at least 4 members (excludes halogenated alkanes) is 1. The standard InChI is InChI=1S/C10H18O4/c1-3-5-7-9(11)14-8(6-4-2)10(12)13/h8H,3-7H2,1-2H3,(H,12,13). The van der Waals surface area contributed by atoms with Crippen LogP contribution in [-0.4, -0.2) is 23.1 Å². The maximum absolute atomic E-state index is 11.1. The van der Waals surface area contributed by atoms with Crippen LogP contribution in [0.15, 0.2) is 0 Å². The fourth-order valence-corrected chi connectivity index (χ4v) is 1.03. The summed E-state index contributed by atoms with van der Waals surface area (Å²) >= 11 is 0. The van der Waals surface area contributed by atoms with Gasteiger partial charge in [0.05, 0.1) is 0 Å². The van der Waals surface area contributed by atoms with E-state index < -0.39 is 18.0 Å². The number of esters is 1. The molecule has 4 heteroatoms. The van der Waals surface area contributed by atoms with Crippen molar-refractivity contribution in [3.63, 3.8) is 0 Å². The second-order valence-corrected chi connectivity index (χ2v) is 3.21. The van der Waals surface area contributed by atoms with Gasteiger partial charge in [0.2, 0.25) is 0 Å². The number of carboxylic acid groups (broad SMARTS) is 1. The molecule has 0 aliphatic rings. The molecule has 82 valence electrons. The van der Waals surface area contributed by atoms with E-state index in [0.29, 0.717) is 19.3 Å². The molecular weight excluding hydrogens is 184 g/mol. The molecule has 0 saturated heterocycles. The van der Waals surface area contributed by atoms with Crippen molar-refractivity contribution >= 4 is 11.9 Å². The maximum Gasteiger partial charge on any atom is 0.345 e. The lowest BCUT2D eigenvalue weighted by Gasteiger charge is -2.12. The van der Waals surface area contributed by atoms with Gasteiger partial charge in [-0.3, -0.25) is 4.79 Å². The summed E-state index contributed by atoms with van der Waals surface area (Å²) in [7, 11) is 0. The summed E-state index contributed by atoms with van der Waals surface area (Å²) in [4.78, 5) is 21.7. The minimum atomic E-state index is -1.06. The van der Waals surface area contributed by atoms with Gasteiger partial charge in [-0.05, 0) is 12.8 Å². The predicted octanol–water partition coefficient (Wildman–Crippen LogP) is 1.97. The van der Waals surface area contributed by atoms with Crippen LogP contribution in [0.25, 0.3) is 0 Å². The monoisotopic (exact) mass is 202 g/mol. The predicted molar refractivity (Wildman–Crippen MR) is 51.9 cm³/mol. The van der Waals surface area contributed by atoms with Gasteiger partial charge in [-0.1, -0.05) is 26.7 Å². The number of aliphatic carboxylic acids is 1. The summed E-state index contributed by atoms with van der Waals surface area (Å²) in [5.41, 5.74) is 0. The van der Waals surface area contributed by atoms with Crippen molar-refractivity contribution in [1.29, 1.82) is 0 Å². The first-order chi connectivity index (χ1) is 6.61. The lowest BCUT2D eigenvalue weighted by Crippen LogP contribution is -2.26. The zero-order chi connectivity index (χ0) is 11.0. The van der Waals surface area contributed by atoms with Crippen molar-refractivity contribution in [2.75, 3.05) is 0 Å². The van der Waals surface area contributed by atoms with Crippen LogP contribution in [-0.2, 0) is 14.3 Å². The first-order valence-electron chi connectivity index (χ1n) is 5.04. The molecule has 0 spiro atoms. The molecule has 0 bridgehead atoms. The van der Waals surface area contributed by atoms with Crippen LogP contribution in [0, 0.1) is 0 Å². The highest BCUT2D eigenvalue weighted by Gasteiger charge is 2.20. The number of ether oxygens (including phenoxy) is 1. The topological polar surface area (TPSA) is 63.6 Å². The Bertz CT molecular complexity index is 189. The van der Waals surface area contributed by atoms with Crippen LogP contribution in [0.3, 0.4) is 0 Å². The van der Waals surface area contributed by atoms with E-state index in [4.69, 9.17) is 9.84 Å². The van der Waals surface area contributed by atoms with Crippen molar-refractivity contribution in [3.05, 3.63) is 0 Å². The zero-order valence-corrected chi connectivity index (χ0v) is 8.78. The molecule has 0 aromatic carbocycles. The van der Waals surface area contributed by atoms with Crippen molar-refractivity contribution in [2.45, 2.75) is 52.1 Å². The van der Waals surface area contributed by atoms with Gasteiger partial charge in [0.25, 0.3) is 0 Å². The molecule has 1 unspecified atom stereocenters. The molecule has 1 atom stereocenters. The summed E-state index contributed by atoms with van der Waals surface area (Å²) in [6, 6.07) is 0. The van der Waals surface area contributed by atoms with Crippen LogP contribution in [0.1, 0.15) is 46.0 Å².